The Morgan fingerprint density at radius 2 is 2.14 bits per heavy atom. The number of hydrogen-bond acceptors (Lipinski definition) is 3. The summed E-state index contributed by atoms with van der Waals surface area (Å²) in [6, 6.07) is 4.50. The van der Waals surface area contributed by atoms with Gasteiger partial charge in [-0.15, -0.1) is 0 Å². The van der Waals surface area contributed by atoms with Crippen molar-refractivity contribution in [3.8, 4) is 0 Å². The Balaban J connectivity index is 2.53. The third-order valence-corrected chi connectivity index (χ3v) is 3.52. The fourth-order valence-electron chi connectivity index (χ4n) is 2.60. The molecular weight excluding hydrogens is 271 g/mol. The molecule has 1 unspecified atom stereocenters. The standard InChI is InChI=1S/C16H21FN2O2/c1-4-7-12(16(20)21-6-3)15-18-13-9-8-11(17)10-14(13)19(15)5-2/h8-10,12H,4-7H2,1-3H3. The highest BCUT2D eigenvalue weighted by Gasteiger charge is 2.27. The molecule has 0 saturated heterocycles. The lowest BCUT2D eigenvalue weighted by Crippen LogP contribution is -2.20. The molecule has 4 nitrogen and oxygen atoms in total. The van der Waals surface area contributed by atoms with Gasteiger partial charge in [0, 0.05) is 6.54 Å². The number of nitrogens with zero attached hydrogens (tertiary/aromatic N) is 2. The van der Waals surface area contributed by atoms with Crippen LogP contribution in [0, 0.1) is 5.82 Å². The van der Waals surface area contributed by atoms with E-state index in [9.17, 15) is 9.18 Å². The molecule has 0 aliphatic heterocycles. The van der Waals surface area contributed by atoms with E-state index in [1.54, 1.807) is 13.0 Å². The van der Waals surface area contributed by atoms with Gasteiger partial charge in [-0.2, -0.15) is 0 Å². The van der Waals surface area contributed by atoms with Crippen LogP contribution in [0.3, 0.4) is 0 Å². The number of carbonyl (C=O) groups is 1. The molecule has 0 fully saturated rings. The molecule has 2 rings (SSSR count). The van der Waals surface area contributed by atoms with Crippen molar-refractivity contribution in [2.24, 2.45) is 0 Å². The topological polar surface area (TPSA) is 44.1 Å². The van der Waals surface area contributed by atoms with Crippen LogP contribution < -0.4 is 0 Å². The summed E-state index contributed by atoms with van der Waals surface area (Å²) in [6.45, 7) is 6.75. The van der Waals surface area contributed by atoms with Crippen molar-refractivity contribution in [1.29, 1.82) is 0 Å². The van der Waals surface area contributed by atoms with E-state index in [0.717, 1.165) is 11.9 Å². The fraction of sp³-hybridized carbons (Fsp3) is 0.500. The number of hydrogen-bond donors (Lipinski definition) is 0. The van der Waals surface area contributed by atoms with Crippen LogP contribution in [0.5, 0.6) is 0 Å². The maximum Gasteiger partial charge on any atom is 0.316 e. The first-order valence-corrected chi connectivity index (χ1v) is 7.44. The molecule has 1 atom stereocenters. The maximum absolute atomic E-state index is 13.5. The number of esters is 1. The van der Waals surface area contributed by atoms with Gasteiger partial charge in [-0.05, 0) is 38.5 Å². The Labute approximate surface area is 123 Å². The van der Waals surface area contributed by atoms with E-state index in [1.807, 2.05) is 18.4 Å². The average Bonchev–Trinajstić information content (AvgIpc) is 2.82. The second kappa shape index (κ2) is 6.70. The zero-order chi connectivity index (χ0) is 15.4. The minimum absolute atomic E-state index is 0.259. The minimum Gasteiger partial charge on any atom is -0.465 e. The average molecular weight is 292 g/mol. The first-order chi connectivity index (χ1) is 10.1. The predicted octanol–water partition coefficient (Wildman–Crippen LogP) is 3.64. The van der Waals surface area contributed by atoms with Gasteiger partial charge in [0.1, 0.15) is 17.6 Å². The Morgan fingerprint density at radius 3 is 2.76 bits per heavy atom. The van der Waals surface area contributed by atoms with Gasteiger partial charge >= 0.3 is 5.97 Å². The Bertz CT molecular complexity index is 636. The van der Waals surface area contributed by atoms with Gasteiger partial charge in [0.15, 0.2) is 0 Å². The van der Waals surface area contributed by atoms with Crippen LogP contribution in [0.4, 0.5) is 4.39 Å². The van der Waals surface area contributed by atoms with E-state index in [1.165, 1.54) is 12.1 Å². The highest BCUT2D eigenvalue weighted by Crippen LogP contribution is 2.27. The molecule has 1 aromatic heterocycles. The molecule has 5 heteroatoms. The number of aromatic nitrogens is 2. The van der Waals surface area contributed by atoms with Gasteiger partial charge in [0.05, 0.1) is 17.6 Å². The summed E-state index contributed by atoms with van der Waals surface area (Å²) in [4.78, 5) is 16.7. The predicted molar refractivity (Wildman–Crippen MR) is 79.6 cm³/mol. The number of fused-ring (bicyclic) bond motifs is 1. The van der Waals surface area contributed by atoms with E-state index >= 15 is 0 Å². The third-order valence-electron chi connectivity index (χ3n) is 3.52. The zero-order valence-corrected chi connectivity index (χ0v) is 12.7. The van der Waals surface area contributed by atoms with E-state index in [2.05, 4.69) is 4.98 Å². The van der Waals surface area contributed by atoms with Gasteiger partial charge in [0.25, 0.3) is 0 Å². The normalized spacial score (nSPS) is 12.6. The van der Waals surface area contributed by atoms with E-state index in [0.29, 0.717) is 30.9 Å². The van der Waals surface area contributed by atoms with E-state index in [-0.39, 0.29) is 11.8 Å². The van der Waals surface area contributed by atoms with Crippen molar-refractivity contribution in [3.05, 3.63) is 29.8 Å². The molecule has 0 bridgehead atoms. The summed E-state index contributed by atoms with van der Waals surface area (Å²) in [5.41, 5.74) is 1.43. The Kier molecular flexibility index (Phi) is 4.94. The first-order valence-electron chi connectivity index (χ1n) is 7.44. The number of aryl methyl sites for hydroxylation is 1. The van der Waals surface area contributed by atoms with Crippen molar-refractivity contribution in [2.75, 3.05) is 6.61 Å². The highest BCUT2D eigenvalue weighted by atomic mass is 19.1. The van der Waals surface area contributed by atoms with E-state index in [4.69, 9.17) is 4.74 Å². The molecule has 114 valence electrons. The molecule has 2 aromatic rings. The highest BCUT2D eigenvalue weighted by molar-refractivity contribution is 5.81. The van der Waals surface area contributed by atoms with Crippen molar-refractivity contribution in [2.45, 2.75) is 46.1 Å². The molecule has 0 radical (unpaired) electrons. The van der Waals surface area contributed by atoms with Gasteiger partial charge < -0.3 is 9.30 Å². The van der Waals surface area contributed by atoms with Gasteiger partial charge in [-0.25, -0.2) is 9.37 Å². The summed E-state index contributed by atoms with van der Waals surface area (Å²) in [5, 5.41) is 0. The lowest BCUT2D eigenvalue weighted by atomic mass is 10.0. The molecule has 0 spiro atoms. The number of carbonyl (C=O) groups excluding carboxylic acids is 1. The van der Waals surface area contributed by atoms with Crippen LogP contribution in [0.15, 0.2) is 18.2 Å². The van der Waals surface area contributed by atoms with Crippen LogP contribution >= 0.6 is 0 Å². The lowest BCUT2D eigenvalue weighted by Gasteiger charge is -2.16. The van der Waals surface area contributed by atoms with Crippen molar-refractivity contribution >= 4 is 17.0 Å². The molecule has 1 heterocycles. The van der Waals surface area contributed by atoms with Crippen LogP contribution in [-0.4, -0.2) is 22.1 Å². The van der Waals surface area contributed by atoms with E-state index < -0.39 is 5.92 Å². The molecular formula is C16H21FN2O2. The first kappa shape index (κ1) is 15.5. The number of ether oxygens (including phenoxy) is 1. The minimum atomic E-state index is -0.398. The van der Waals surface area contributed by atoms with Crippen LogP contribution in [0.25, 0.3) is 11.0 Å². The van der Waals surface area contributed by atoms with Gasteiger partial charge in [-0.1, -0.05) is 13.3 Å². The summed E-state index contributed by atoms with van der Waals surface area (Å²) in [7, 11) is 0. The van der Waals surface area contributed by atoms with Gasteiger partial charge in [0.2, 0.25) is 0 Å². The molecule has 0 saturated carbocycles. The molecule has 1 aromatic carbocycles. The molecule has 0 aliphatic rings. The molecule has 0 aliphatic carbocycles. The van der Waals surface area contributed by atoms with Crippen molar-refractivity contribution in [3.63, 3.8) is 0 Å². The molecule has 0 amide bonds. The monoisotopic (exact) mass is 292 g/mol. The third kappa shape index (κ3) is 3.06. The smallest absolute Gasteiger partial charge is 0.316 e. The Hall–Kier alpha value is -1.91. The zero-order valence-electron chi connectivity index (χ0n) is 12.7. The van der Waals surface area contributed by atoms with Crippen LogP contribution in [0.1, 0.15) is 45.4 Å². The van der Waals surface area contributed by atoms with Crippen molar-refractivity contribution < 1.29 is 13.9 Å². The summed E-state index contributed by atoms with van der Waals surface area (Å²) in [5.74, 6) is -0.291. The largest absolute Gasteiger partial charge is 0.465 e. The summed E-state index contributed by atoms with van der Waals surface area (Å²) in [6.07, 6.45) is 1.52. The molecule has 21 heavy (non-hydrogen) atoms. The maximum atomic E-state index is 13.5. The lowest BCUT2D eigenvalue weighted by molar-refractivity contribution is -0.145. The second-order valence-electron chi connectivity index (χ2n) is 4.94. The van der Waals surface area contributed by atoms with Crippen molar-refractivity contribution in [1.82, 2.24) is 9.55 Å². The quantitative estimate of drug-likeness (QED) is 0.763. The van der Waals surface area contributed by atoms with Gasteiger partial charge in [-0.3, -0.25) is 4.79 Å². The number of rotatable bonds is 6. The molecule has 0 N–H and O–H groups in total. The second-order valence-corrected chi connectivity index (χ2v) is 4.94. The number of imidazole rings is 1. The SMILES string of the molecule is CCCC(C(=O)OCC)c1nc2ccc(F)cc2n1CC. The van der Waals surface area contributed by atoms with Crippen LogP contribution in [0.2, 0.25) is 0 Å². The Morgan fingerprint density at radius 1 is 1.38 bits per heavy atom. The fourth-order valence-corrected chi connectivity index (χ4v) is 2.60. The number of halogens is 1. The number of benzene rings is 1. The summed E-state index contributed by atoms with van der Waals surface area (Å²) < 4.78 is 20.5. The van der Waals surface area contributed by atoms with Crippen LogP contribution in [-0.2, 0) is 16.1 Å². The summed E-state index contributed by atoms with van der Waals surface area (Å²) >= 11 is 0.